The highest BCUT2D eigenvalue weighted by molar-refractivity contribution is 5.46. The predicted molar refractivity (Wildman–Crippen MR) is 76.1 cm³/mol. The fourth-order valence-electron chi connectivity index (χ4n) is 2.37. The molecule has 7 nitrogen and oxygen atoms in total. The first-order chi connectivity index (χ1) is 9.74. The van der Waals surface area contributed by atoms with Gasteiger partial charge in [-0.2, -0.15) is 10.1 Å². The summed E-state index contributed by atoms with van der Waals surface area (Å²) in [6.45, 7) is 5.16. The zero-order chi connectivity index (χ0) is 13.9. The molecule has 1 N–H and O–H groups in total. The van der Waals surface area contributed by atoms with Crippen LogP contribution in [-0.4, -0.2) is 46.3 Å². The van der Waals surface area contributed by atoms with Crippen LogP contribution in [0.15, 0.2) is 29.2 Å². The molecular weight excluding hydrogens is 256 g/mol. The van der Waals surface area contributed by atoms with Crippen molar-refractivity contribution in [3.05, 3.63) is 40.6 Å². The number of hydrogen-bond donors (Lipinski definition) is 1. The molecule has 3 heterocycles. The molecule has 0 unspecified atom stereocenters. The average Bonchev–Trinajstić information content (AvgIpc) is 2.51. The van der Waals surface area contributed by atoms with E-state index in [4.69, 9.17) is 0 Å². The number of hydrogen-bond acceptors (Lipinski definition) is 6. The molecular formula is C13H16N6O. The lowest BCUT2D eigenvalue weighted by Crippen LogP contribution is -2.47. The van der Waals surface area contributed by atoms with E-state index in [1.807, 2.05) is 25.1 Å². The van der Waals surface area contributed by atoms with Gasteiger partial charge in [-0.15, -0.1) is 0 Å². The molecule has 0 aromatic carbocycles. The largest absolute Gasteiger partial charge is 0.363 e. The van der Waals surface area contributed by atoms with Crippen molar-refractivity contribution >= 4 is 11.6 Å². The van der Waals surface area contributed by atoms with Gasteiger partial charge >= 0.3 is 5.69 Å². The fourth-order valence-corrected chi connectivity index (χ4v) is 2.37. The summed E-state index contributed by atoms with van der Waals surface area (Å²) in [4.78, 5) is 24.0. The summed E-state index contributed by atoms with van der Waals surface area (Å²) >= 11 is 0. The van der Waals surface area contributed by atoms with E-state index < -0.39 is 5.69 Å². The summed E-state index contributed by atoms with van der Waals surface area (Å²) in [5.74, 6) is 1.66. The number of aromatic amines is 1. The molecule has 1 saturated heterocycles. The maximum atomic E-state index is 11.3. The number of H-pyrrole nitrogens is 1. The minimum absolute atomic E-state index is 0.405. The molecule has 0 aliphatic carbocycles. The van der Waals surface area contributed by atoms with Gasteiger partial charge in [0, 0.05) is 32.4 Å². The Kier molecular flexibility index (Phi) is 3.32. The van der Waals surface area contributed by atoms with E-state index in [0.717, 1.165) is 37.7 Å². The third-order valence-corrected chi connectivity index (χ3v) is 3.40. The summed E-state index contributed by atoms with van der Waals surface area (Å²) in [5, 5.41) is 6.31. The van der Waals surface area contributed by atoms with Crippen LogP contribution < -0.4 is 15.5 Å². The van der Waals surface area contributed by atoms with E-state index >= 15 is 0 Å². The normalized spacial score (nSPS) is 15.4. The Morgan fingerprint density at radius 2 is 1.90 bits per heavy atom. The van der Waals surface area contributed by atoms with Gasteiger partial charge in [0.25, 0.3) is 0 Å². The molecule has 0 atom stereocenters. The number of rotatable bonds is 2. The maximum Gasteiger partial charge on any atom is 0.363 e. The molecule has 2 aromatic heterocycles. The zero-order valence-corrected chi connectivity index (χ0v) is 11.3. The molecule has 3 rings (SSSR count). The average molecular weight is 272 g/mol. The van der Waals surface area contributed by atoms with Gasteiger partial charge in [0.05, 0.1) is 0 Å². The highest BCUT2D eigenvalue weighted by Gasteiger charge is 2.20. The predicted octanol–water partition coefficient (Wildman–Crippen LogP) is 0.195. The summed E-state index contributed by atoms with van der Waals surface area (Å²) in [6.07, 6.45) is 1.80. The van der Waals surface area contributed by atoms with Crippen LogP contribution in [0, 0.1) is 6.92 Å². The molecule has 0 amide bonds. The summed E-state index contributed by atoms with van der Waals surface area (Å²) in [7, 11) is 0. The Bertz CT molecular complexity index is 633. The van der Waals surface area contributed by atoms with E-state index in [0.29, 0.717) is 5.82 Å². The van der Waals surface area contributed by atoms with Crippen LogP contribution in [0.1, 0.15) is 5.69 Å². The minimum atomic E-state index is -0.405. The van der Waals surface area contributed by atoms with Crippen LogP contribution in [0.2, 0.25) is 0 Å². The third kappa shape index (κ3) is 2.47. The van der Waals surface area contributed by atoms with Gasteiger partial charge in [0.15, 0.2) is 5.82 Å². The molecule has 0 bridgehead atoms. The molecule has 2 aromatic rings. The van der Waals surface area contributed by atoms with Gasteiger partial charge in [-0.1, -0.05) is 6.07 Å². The number of pyridine rings is 1. The summed E-state index contributed by atoms with van der Waals surface area (Å²) in [5.41, 5.74) is 0.341. The number of nitrogens with one attached hydrogen (secondary N) is 1. The number of anilines is 2. The lowest BCUT2D eigenvalue weighted by Gasteiger charge is -2.36. The Morgan fingerprint density at radius 3 is 2.60 bits per heavy atom. The maximum absolute atomic E-state index is 11.3. The Hall–Kier alpha value is -2.44. The van der Waals surface area contributed by atoms with E-state index in [1.54, 1.807) is 6.20 Å². The SMILES string of the molecule is Cc1n[nH]c(=O)nc1N1CCN(c2ccccn2)CC1. The van der Waals surface area contributed by atoms with E-state index in [-0.39, 0.29) is 0 Å². The van der Waals surface area contributed by atoms with Crippen molar-refractivity contribution in [3.63, 3.8) is 0 Å². The molecule has 0 saturated carbocycles. The van der Waals surface area contributed by atoms with Crippen molar-refractivity contribution in [3.8, 4) is 0 Å². The first kappa shape index (κ1) is 12.6. The quantitative estimate of drug-likeness (QED) is 0.841. The monoisotopic (exact) mass is 272 g/mol. The number of piperazine rings is 1. The first-order valence-electron chi connectivity index (χ1n) is 6.58. The van der Waals surface area contributed by atoms with Gasteiger partial charge in [-0.3, -0.25) is 0 Å². The van der Waals surface area contributed by atoms with Crippen molar-refractivity contribution in [2.24, 2.45) is 0 Å². The van der Waals surface area contributed by atoms with Crippen LogP contribution in [0.25, 0.3) is 0 Å². The van der Waals surface area contributed by atoms with Crippen LogP contribution in [0.3, 0.4) is 0 Å². The lowest BCUT2D eigenvalue weighted by atomic mass is 10.3. The Balaban J connectivity index is 1.73. The van der Waals surface area contributed by atoms with Crippen molar-refractivity contribution in [2.45, 2.75) is 6.92 Å². The van der Waals surface area contributed by atoms with Crippen LogP contribution in [0.4, 0.5) is 11.6 Å². The molecule has 7 heteroatoms. The highest BCUT2D eigenvalue weighted by Crippen LogP contribution is 2.17. The van der Waals surface area contributed by atoms with Crippen molar-refractivity contribution < 1.29 is 0 Å². The van der Waals surface area contributed by atoms with Crippen molar-refractivity contribution in [1.29, 1.82) is 0 Å². The first-order valence-corrected chi connectivity index (χ1v) is 6.58. The second kappa shape index (κ2) is 5.28. The molecule has 104 valence electrons. The van der Waals surface area contributed by atoms with Crippen LogP contribution in [-0.2, 0) is 0 Å². The minimum Gasteiger partial charge on any atom is -0.353 e. The molecule has 20 heavy (non-hydrogen) atoms. The highest BCUT2D eigenvalue weighted by atomic mass is 16.1. The second-order valence-electron chi connectivity index (χ2n) is 4.71. The number of aromatic nitrogens is 4. The Morgan fingerprint density at radius 1 is 1.15 bits per heavy atom. The van der Waals surface area contributed by atoms with Gasteiger partial charge in [0.2, 0.25) is 0 Å². The summed E-state index contributed by atoms with van der Waals surface area (Å²) < 4.78 is 0. The van der Waals surface area contributed by atoms with Gasteiger partial charge in [-0.05, 0) is 19.1 Å². The van der Waals surface area contributed by atoms with Crippen LogP contribution in [0.5, 0.6) is 0 Å². The molecule has 1 fully saturated rings. The van der Waals surface area contributed by atoms with Crippen molar-refractivity contribution in [1.82, 2.24) is 20.2 Å². The Labute approximate surface area is 116 Å². The topological polar surface area (TPSA) is 78.0 Å². The molecule has 0 spiro atoms. The van der Waals surface area contributed by atoms with Crippen LogP contribution >= 0.6 is 0 Å². The van der Waals surface area contributed by atoms with Gasteiger partial charge < -0.3 is 9.80 Å². The number of nitrogens with zero attached hydrogens (tertiary/aromatic N) is 5. The molecule has 1 aliphatic rings. The van der Waals surface area contributed by atoms with E-state index in [9.17, 15) is 4.79 Å². The lowest BCUT2D eigenvalue weighted by molar-refractivity contribution is 0.634. The molecule has 0 radical (unpaired) electrons. The van der Waals surface area contributed by atoms with Gasteiger partial charge in [0.1, 0.15) is 11.5 Å². The smallest absolute Gasteiger partial charge is 0.353 e. The van der Waals surface area contributed by atoms with E-state index in [2.05, 4.69) is 30.0 Å². The summed E-state index contributed by atoms with van der Waals surface area (Å²) in [6, 6.07) is 5.91. The van der Waals surface area contributed by atoms with Crippen molar-refractivity contribution in [2.75, 3.05) is 36.0 Å². The third-order valence-electron chi connectivity index (χ3n) is 3.40. The molecule has 1 aliphatic heterocycles. The van der Waals surface area contributed by atoms with Gasteiger partial charge in [-0.25, -0.2) is 14.9 Å². The van der Waals surface area contributed by atoms with E-state index in [1.165, 1.54) is 0 Å². The zero-order valence-electron chi connectivity index (χ0n) is 11.3. The second-order valence-corrected chi connectivity index (χ2v) is 4.71. The standard InChI is InChI=1S/C13H16N6O/c1-10-12(15-13(20)17-16-10)19-8-6-18(7-9-19)11-4-2-3-5-14-11/h2-5H,6-9H2,1H3,(H,15,17,20). The fraction of sp³-hybridized carbons (Fsp3) is 0.385. The number of aryl methyl sites for hydroxylation is 1.